The average Bonchev–Trinajstić information content (AvgIpc) is 2.43. The third-order valence-electron chi connectivity index (χ3n) is 3.28. The molecule has 0 fully saturated rings. The molecule has 1 N–H and O–H groups in total. The molecule has 2 nitrogen and oxygen atoms in total. The smallest absolute Gasteiger partial charge is 0.123 e. The van der Waals surface area contributed by atoms with Gasteiger partial charge in [0.15, 0.2) is 0 Å². The molecule has 0 aliphatic carbocycles. The molecule has 19 heavy (non-hydrogen) atoms. The molecule has 1 atom stereocenters. The third kappa shape index (κ3) is 6.69. The number of nitrogens with one attached hydrogen (secondary N) is 1. The van der Waals surface area contributed by atoms with Crippen molar-refractivity contribution in [3.8, 4) is 0 Å². The molecule has 1 rings (SSSR count). The van der Waals surface area contributed by atoms with Crippen LogP contribution in [0, 0.1) is 5.82 Å². The normalized spacial score (nSPS) is 12.6. The summed E-state index contributed by atoms with van der Waals surface area (Å²) in [6.07, 6.45) is 5.66. The van der Waals surface area contributed by atoms with Crippen molar-refractivity contribution in [2.75, 3.05) is 20.3 Å². The SMILES string of the molecule is CCCCC(NCCCCOC)c1ccc(F)cc1. The summed E-state index contributed by atoms with van der Waals surface area (Å²) in [5, 5.41) is 3.57. The van der Waals surface area contributed by atoms with E-state index >= 15 is 0 Å². The molecule has 108 valence electrons. The van der Waals surface area contributed by atoms with E-state index in [-0.39, 0.29) is 5.82 Å². The standard InChI is InChI=1S/C16H26FNO/c1-3-4-7-16(18-12-5-6-13-19-2)14-8-10-15(17)11-9-14/h8-11,16,18H,3-7,12-13H2,1-2H3. The molecule has 0 aromatic heterocycles. The van der Waals surface area contributed by atoms with Crippen LogP contribution in [0.3, 0.4) is 0 Å². The molecule has 1 aromatic carbocycles. The largest absolute Gasteiger partial charge is 0.385 e. The maximum Gasteiger partial charge on any atom is 0.123 e. The number of unbranched alkanes of at least 4 members (excludes halogenated alkanes) is 2. The van der Waals surface area contributed by atoms with Gasteiger partial charge in [-0.05, 0) is 43.5 Å². The van der Waals surface area contributed by atoms with E-state index in [1.807, 2.05) is 12.1 Å². The summed E-state index contributed by atoms with van der Waals surface area (Å²) < 4.78 is 18.0. The molecule has 0 aliphatic rings. The first-order valence-electron chi connectivity index (χ1n) is 7.25. The number of benzene rings is 1. The lowest BCUT2D eigenvalue weighted by Gasteiger charge is -2.19. The Labute approximate surface area is 116 Å². The van der Waals surface area contributed by atoms with Crippen molar-refractivity contribution in [3.05, 3.63) is 35.6 Å². The Morgan fingerprint density at radius 3 is 2.53 bits per heavy atom. The van der Waals surface area contributed by atoms with Crippen LogP contribution < -0.4 is 5.32 Å². The van der Waals surface area contributed by atoms with Crippen LogP contribution in [0.2, 0.25) is 0 Å². The Kier molecular flexibility index (Phi) is 8.43. The van der Waals surface area contributed by atoms with Crippen LogP contribution in [0.15, 0.2) is 24.3 Å². The van der Waals surface area contributed by atoms with E-state index in [4.69, 9.17) is 4.74 Å². The highest BCUT2D eigenvalue weighted by atomic mass is 19.1. The number of hydrogen-bond donors (Lipinski definition) is 1. The fourth-order valence-corrected chi connectivity index (χ4v) is 2.14. The number of halogens is 1. The van der Waals surface area contributed by atoms with Gasteiger partial charge >= 0.3 is 0 Å². The molecule has 0 spiro atoms. The molecule has 0 bridgehead atoms. The molecule has 0 heterocycles. The van der Waals surface area contributed by atoms with Crippen molar-refractivity contribution in [2.45, 2.75) is 45.1 Å². The first-order valence-corrected chi connectivity index (χ1v) is 7.25. The lowest BCUT2D eigenvalue weighted by molar-refractivity contribution is 0.192. The zero-order valence-electron chi connectivity index (χ0n) is 12.1. The summed E-state index contributed by atoms with van der Waals surface area (Å²) >= 11 is 0. The van der Waals surface area contributed by atoms with E-state index in [0.29, 0.717) is 6.04 Å². The molecular formula is C16H26FNO. The number of ether oxygens (including phenoxy) is 1. The lowest BCUT2D eigenvalue weighted by atomic mass is 10.0. The predicted molar refractivity (Wildman–Crippen MR) is 77.8 cm³/mol. The van der Waals surface area contributed by atoms with Crippen molar-refractivity contribution in [1.29, 1.82) is 0 Å². The van der Waals surface area contributed by atoms with Crippen LogP contribution in [0.1, 0.15) is 50.6 Å². The summed E-state index contributed by atoms with van der Waals surface area (Å²) in [7, 11) is 1.73. The van der Waals surface area contributed by atoms with Gasteiger partial charge in [-0.2, -0.15) is 0 Å². The topological polar surface area (TPSA) is 21.3 Å². The first-order chi connectivity index (χ1) is 9.27. The number of methoxy groups -OCH3 is 1. The number of hydrogen-bond acceptors (Lipinski definition) is 2. The quantitative estimate of drug-likeness (QED) is 0.645. The van der Waals surface area contributed by atoms with E-state index in [1.165, 1.54) is 18.4 Å². The molecule has 0 saturated carbocycles. The van der Waals surface area contributed by atoms with E-state index < -0.39 is 0 Å². The first kappa shape index (κ1) is 16.1. The minimum Gasteiger partial charge on any atom is -0.385 e. The van der Waals surface area contributed by atoms with Crippen LogP contribution in [0.5, 0.6) is 0 Å². The Balaban J connectivity index is 2.44. The summed E-state index contributed by atoms with van der Waals surface area (Å²) in [6.45, 7) is 3.99. The zero-order chi connectivity index (χ0) is 13.9. The van der Waals surface area contributed by atoms with Crippen molar-refractivity contribution in [2.24, 2.45) is 0 Å². The van der Waals surface area contributed by atoms with Crippen LogP contribution in [-0.2, 0) is 4.74 Å². The van der Waals surface area contributed by atoms with E-state index in [9.17, 15) is 4.39 Å². The fourth-order valence-electron chi connectivity index (χ4n) is 2.14. The van der Waals surface area contributed by atoms with Gasteiger partial charge in [-0.3, -0.25) is 0 Å². The van der Waals surface area contributed by atoms with E-state index in [0.717, 1.165) is 32.4 Å². The lowest BCUT2D eigenvalue weighted by Crippen LogP contribution is -2.22. The summed E-state index contributed by atoms with van der Waals surface area (Å²) in [5.41, 5.74) is 1.18. The minimum atomic E-state index is -0.168. The molecule has 0 radical (unpaired) electrons. The highest BCUT2D eigenvalue weighted by Crippen LogP contribution is 2.19. The molecule has 1 aromatic rings. The maximum atomic E-state index is 13.0. The maximum absolute atomic E-state index is 13.0. The van der Waals surface area contributed by atoms with Gasteiger partial charge in [0.25, 0.3) is 0 Å². The fraction of sp³-hybridized carbons (Fsp3) is 0.625. The Morgan fingerprint density at radius 2 is 1.89 bits per heavy atom. The van der Waals surface area contributed by atoms with Crippen LogP contribution in [0.4, 0.5) is 4.39 Å². The average molecular weight is 267 g/mol. The molecular weight excluding hydrogens is 241 g/mol. The van der Waals surface area contributed by atoms with Crippen LogP contribution in [-0.4, -0.2) is 20.3 Å². The molecule has 1 unspecified atom stereocenters. The highest BCUT2D eigenvalue weighted by molar-refractivity contribution is 5.19. The van der Waals surface area contributed by atoms with Gasteiger partial charge in [0, 0.05) is 19.8 Å². The van der Waals surface area contributed by atoms with Crippen molar-refractivity contribution < 1.29 is 9.13 Å². The zero-order valence-corrected chi connectivity index (χ0v) is 12.1. The van der Waals surface area contributed by atoms with Gasteiger partial charge in [0.1, 0.15) is 5.82 Å². The molecule has 3 heteroatoms. The molecule has 0 aliphatic heterocycles. The monoisotopic (exact) mass is 267 g/mol. The minimum absolute atomic E-state index is 0.168. The summed E-state index contributed by atoms with van der Waals surface area (Å²) in [5.74, 6) is -0.168. The van der Waals surface area contributed by atoms with Gasteiger partial charge in [-0.15, -0.1) is 0 Å². The summed E-state index contributed by atoms with van der Waals surface area (Å²) in [6, 6.07) is 7.19. The van der Waals surface area contributed by atoms with Crippen molar-refractivity contribution in [1.82, 2.24) is 5.32 Å². The third-order valence-corrected chi connectivity index (χ3v) is 3.28. The van der Waals surface area contributed by atoms with Crippen molar-refractivity contribution >= 4 is 0 Å². The highest BCUT2D eigenvalue weighted by Gasteiger charge is 2.10. The number of rotatable bonds is 10. The van der Waals surface area contributed by atoms with Crippen molar-refractivity contribution in [3.63, 3.8) is 0 Å². The van der Waals surface area contributed by atoms with Gasteiger partial charge in [0.2, 0.25) is 0 Å². The van der Waals surface area contributed by atoms with Gasteiger partial charge < -0.3 is 10.1 Å². The Morgan fingerprint density at radius 1 is 1.16 bits per heavy atom. The van der Waals surface area contributed by atoms with Crippen LogP contribution >= 0.6 is 0 Å². The van der Waals surface area contributed by atoms with Gasteiger partial charge in [0.05, 0.1) is 0 Å². The van der Waals surface area contributed by atoms with E-state index in [2.05, 4.69) is 12.2 Å². The summed E-state index contributed by atoms with van der Waals surface area (Å²) in [4.78, 5) is 0. The second-order valence-electron chi connectivity index (χ2n) is 4.90. The molecule has 0 amide bonds. The Hall–Kier alpha value is -0.930. The molecule has 0 saturated heterocycles. The van der Waals surface area contributed by atoms with Crippen LogP contribution in [0.25, 0.3) is 0 Å². The van der Waals surface area contributed by atoms with E-state index in [1.54, 1.807) is 19.2 Å². The second-order valence-corrected chi connectivity index (χ2v) is 4.90. The van der Waals surface area contributed by atoms with Gasteiger partial charge in [-0.1, -0.05) is 31.9 Å². The predicted octanol–water partition coefficient (Wildman–Crippen LogP) is 4.07. The van der Waals surface area contributed by atoms with Gasteiger partial charge in [-0.25, -0.2) is 4.39 Å². The Bertz CT molecular complexity index is 326. The second kappa shape index (κ2) is 9.93.